The molecule has 0 amide bonds. The summed E-state index contributed by atoms with van der Waals surface area (Å²) in [4.78, 5) is 3.55. The normalized spacial score (nSPS) is 22.7. The Morgan fingerprint density at radius 1 is 1.06 bits per heavy atom. The first kappa shape index (κ1) is 23.8. The maximum absolute atomic E-state index is 13.5. The van der Waals surface area contributed by atoms with Gasteiger partial charge in [0.15, 0.2) is 0 Å². The van der Waals surface area contributed by atoms with E-state index in [-0.39, 0.29) is 36.4 Å². The number of benzene rings is 2. The Morgan fingerprint density at radius 3 is 2.45 bits per heavy atom. The molecule has 2 aromatic carbocycles. The fourth-order valence-electron chi connectivity index (χ4n) is 4.60. The van der Waals surface area contributed by atoms with Gasteiger partial charge in [0.05, 0.1) is 16.6 Å². The highest BCUT2D eigenvalue weighted by atomic mass is 32.2. The number of hydrogen-bond acceptors (Lipinski definition) is 5. The lowest BCUT2D eigenvalue weighted by atomic mass is 10.1. The van der Waals surface area contributed by atoms with E-state index in [4.69, 9.17) is 5.73 Å². The van der Waals surface area contributed by atoms with Gasteiger partial charge in [-0.2, -0.15) is 17.5 Å². The molecule has 0 bridgehead atoms. The first-order valence-corrected chi connectivity index (χ1v) is 12.2. The van der Waals surface area contributed by atoms with E-state index in [0.717, 1.165) is 37.2 Å². The largest absolute Gasteiger partial charge is 0.418 e. The summed E-state index contributed by atoms with van der Waals surface area (Å²) in [6.07, 6.45) is -3.12. The third-order valence-electron chi connectivity index (χ3n) is 6.23. The molecule has 1 unspecified atom stereocenters. The van der Waals surface area contributed by atoms with Crippen molar-refractivity contribution in [2.24, 2.45) is 5.73 Å². The minimum absolute atomic E-state index is 0.00558. The third kappa shape index (κ3) is 4.67. The molecule has 2 atom stereocenters. The molecule has 0 aromatic heterocycles. The van der Waals surface area contributed by atoms with Crippen LogP contribution < -0.4 is 15.5 Å². The van der Waals surface area contributed by atoms with Gasteiger partial charge in [-0.15, -0.1) is 0 Å². The van der Waals surface area contributed by atoms with Crippen LogP contribution in [-0.2, 0) is 16.2 Å². The zero-order valence-corrected chi connectivity index (χ0v) is 18.9. The van der Waals surface area contributed by atoms with Gasteiger partial charge in [0.2, 0.25) is 10.0 Å². The minimum atomic E-state index is -4.72. The first-order valence-electron chi connectivity index (χ1n) is 10.7. The molecule has 2 N–H and O–H groups in total. The van der Waals surface area contributed by atoms with Gasteiger partial charge < -0.3 is 15.5 Å². The predicted octanol–water partition coefficient (Wildman–Crippen LogP) is 3.63. The van der Waals surface area contributed by atoms with Crippen LogP contribution in [0.5, 0.6) is 0 Å². The van der Waals surface area contributed by atoms with E-state index in [1.54, 1.807) is 19.1 Å². The van der Waals surface area contributed by atoms with Crippen molar-refractivity contribution in [2.75, 3.05) is 36.0 Å². The number of nitrogens with two attached hydrogens (primary N) is 1. The fourth-order valence-corrected chi connectivity index (χ4v) is 6.25. The average Bonchev–Trinajstić information content (AvgIpc) is 3.19. The van der Waals surface area contributed by atoms with Gasteiger partial charge in [-0.05, 0) is 56.2 Å². The zero-order chi connectivity index (χ0) is 24.0. The summed E-state index contributed by atoms with van der Waals surface area (Å²) in [5.74, 6) is -0.974. The van der Waals surface area contributed by atoms with Crippen LogP contribution >= 0.6 is 0 Å². The SMILES string of the molecule is C[C@@H]1CN(c2ccc(F)cc2C(F)(F)F)CCN1S(=O)(=O)c1cccc(N2CCCC2N)c1. The van der Waals surface area contributed by atoms with Crippen LogP contribution in [0.4, 0.5) is 28.9 Å². The van der Waals surface area contributed by atoms with E-state index in [2.05, 4.69) is 0 Å². The van der Waals surface area contributed by atoms with Crippen molar-refractivity contribution in [3.05, 3.63) is 53.8 Å². The molecule has 0 aliphatic carbocycles. The van der Waals surface area contributed by atoms with Crippen LogP contribution in [0.3, 0.4) is 0 Å². The summed E-state index contributed by atoms with van der Waals surface area (Å²) in [6, 6.07) is 8.55. The molecular weight excluding hydrogens is 460 g/mol. The van der Waals surface area contributed by atoms with E-state index in [1.165, 1.54) is 15.3 Å². The standard InChI is InChI=1S/C22H26F4N4O2S/c1-15-14-28(20-8-7-16(23)12-19(20)22(24,25)26)10-11-30(15)33(31,32)18-5-2-4-17(13-18)29-9-3-6-21(29)27/h2,4-5,7-8,12-13,15,21H,3,6,9-11,14,27H2,1H3/t15-,21?/m1/s1. The molecule has 2 fully saturated rings. The fraction of sp³-hybridized carbons (Fsp3) is 0.455. The summed E-state index contributed by atoms with van der Waals surface area (Å²) in [5, 5.41) is 0. The lowest BCUT2D eigenvalue weighted by Gasteiger charge is -2.40. The summed E-state index contributed by atoms with van der Waals surface area (Å²) in [5.41, 5.74) is 5.62. The number of halogens is 4. The molecule has 0 radical (unpaired) electrons. The van der Waals surface area contributed by atoms with Gasteiger partial charge in [0.1, 0.15) is 5.82 Å². The second kappa shape index (κ2) is 8.77. The molecule has 2 heterocycles. The number of nitrogens with zero attached hydrogens (tertiary/aromatic N) is 3. The Morgan fingerprint density at radius 2 is 1.82 bits per heavy atom. The highest BCUT2D eigenvalue weighted by molar-refractivity contribution is 7.89. The van der Waals surface area contributed by atoms with Crippen molar-refractivity contribution in [1.29, 1.82) is 0 Å². The summed E-state index contributed by atoms with van der Waals surface area (Å²) in [7, 11) is -3.87. The lowest BCUT2D eigenvalue weighted by Crippen LogP contribution is -2.54. The minimum Gasteiger partial charge on any atom is -0.368 e. The van der Waals surface area contributed by atoms with Crippen molar-refractivity contribution < 1.29 is 26.0 Å². The third-order valence-corrected chi connectivity index (χ3v) is 8.24. The maximum Gasteiger partial charge on any atom is 0.418 e. The molecule has 180 valence electrons. The Kier molecular flexibility index (Phi) is 6.32. The second-order valence-electron chi connectivity index (χ2n) is 8.47. The van der Waals surface area contributed by atoms with Crippen LogP contribution in [-0.4, -0.2) is 51.1 Å². The van der Waals surface area contributed by atoms with Crippen molar-refractivity contribution in [2.45, 2.75) is 43.0 Å². The molecule has 4 rings (SSSR count). The monoisotopic (exact) mass is 486 g/mol. The first-order chi connectivity index (χ1) is 15.5. The number of alkyl halides is 3. The van der Waals surface area contributed by atoms with E-state index < -0.39 is 33.6 Å². The van der Waals surface area contributed by atoms with Crippen molar-refractivity contribution in [1.82, 2.24) is 4.31 Å². The van der Waals surface area contributed by atoms with Crippen LogP contribution in [0.25, 0.3) is 0 Å². The highest BCUT2D eigenvalue weighted by Gasteiger charge is 2.39. The lowest BCUT2D eigenvalue weighted by molar-refractivity contribution is -0.137. The Labute approximate surface area is 190 Å². The van der Waals surface area contributed by atoms with E-state index >= 15 is 0 Å². The predicted molar refractivity (Wildman–Crippen MR) is 118 cm³/mol. The number of rotatable bonds is 4. The topological polar surface area (TPSA) is 69.9 Å². The van der Waals surface area contributed by atoms with Gasteiger partial charge in [-0.25, -0.2) is 12.8 Å². The van der Waals surface area contributed by atoms with Gasteiger partial charge in [0.25, 0.3) is 0 Å². The number of sulfonamides is 1. The summed E-state index contributed by atoms with van der Waals surface area (Å²) < 4.78 is 81.9. The van der Waals surface area contributed by atoms with Crippen LogP contribution in [0.15, 0.2) is 47.4 Å². The molecule has 2 saturated heterocycles. The Hall–Kier alpha value is -2.37. The van der Waals surface area contributed by atoms with Gasteiger partial charge >= 0.3 is 6.18 Å². The summed E-state index contributed by atoms with van der Waals surface area (Å²) in [6.45, 7) is 2.50. The molecule has 33 heavy (non-hydrogen) atoms. The summed E-state index contributed by atoms with van der Waals surface area (Å²) >= 11 is 0. The number of anilines is 2. The van der Waals surface area contributed by atoms with Crippen LogP contribution in [0.2, 0.25) is 0 Å². The van der Waals surface area contributed by atoms with Crippen LogP contribution in [0, 0.1) is 5.82 Å². The smallest absolute Gasteiger partial charge is 0.368 e. The molecule has 0 saturated carbocycles. The van der Waals surface area contributed by atoms with Crippen molar-refractivity contribution in [3.8, 4) is 0 Å². The maximum atomic E-state index is 13.5. The highest BCUT2D eigenvalue weighted by Crippen LogP contribution is 2.38. The molecule has 0 spiro atoms. The van der Waals surface area contributed by atoms with Crippen LogP contribution in [0.1, 0.15) is 25.3 Å². The van der Waals surface area contributed by atoms with Gasteiger partial charge in [-0.1, -0.05) is 6.07 Å². The quantitative estimate of drug-likeness (QED) is 0.669. The molecular formula is C22H26F4N4O2S. The van der Waals surface area contributed by atoms with E-state index in [1.807, 2.05) is 11.0 Å². The van der Waals surface area contributed by atoms with Crippen molar-refractivity contribution >= 4 is 21.4 Å². The Bertz CT molecular complexity index is 1130. The average molecular weight is 487 g/mol. The Balaban J connectivity index is 1.56. The molecule has 6 nitrogen and oxygen atoms in total. The number of piperazine rings is 1. The zero-order valence-electron chi connectivity index (χ0n) is 18.1. The molecule has 2 aromatic rings. The molecule has 2 aliphatic rings. The van der Waals surface area contributed by atoms with E-state index in [0.29, 0.717) is 6.07 Å². The molecule has 2 aliphatic heterocycles. The molecule has 11 heteroatoms. The van der Waals surface area contributed by atoms with E-state index in [9.17, 15) is 26.0 Å². The van der Waals surface area contributed by atoms with Crippen molar-refractivity contribution in [3.63, 3.8) is 0 Å². The van der Waals surface area contributed by atoms with Gasteiger partial charge in [0, 0.05) is 43.6 Å². The second-order valence-corrected chi connectivity index (χ2v) is 10.4. The number of hydrogen-bond donors (Lipinski definition) is 1. The van der Waals surface area contributed by atoms with Gasteiger partial charge in [-0.3, -0.25) is 0 Å².